The fourth-order valence-corrected chi connectivity index (χ4v) is 3.33. The molecule has 0 unspecified atom stereocenters. The Balaban J connectivity index is 1.93. The Labute approximate surface area is 185 Å². The monoisotopic (exact) mass is 470 g/mol. The van der Waals surface area contributed by atoms with Crippen molar-refractivity contribution in [2.75, 3.05) is 0 Å². The molecule has 0 aliphatic rings. The summed E-state index contributed by atoms with van der Waals surface area (Å²) in [5, 5.41) is 4.54. The van der Waals surface area contributed by atoms with Gasteiger partial charge in [0.25, 0.3) is 0 Å². The molecule has 5 nitrogen and oxygen atoms in total. The van der Waals surface area contributed by atoms with Crippen LogP contribution in [0, 0.1) is 13.8 Å². The summed E-state index contributed by atoms with van der Waals surface area (Å²) in [5.41, 5.74) is 0.261. The third-order valence-corrected chi connectivity index (χ3v) is 5.68. The van der Waals surface area contributed by atoms with Crippen LogP contribution in [0.15, 0.2) is 36.5 Å². The molecule has 31 heavy (non-hydrogen) atoms. The minimum atomic E-state index is -4.53. The van der Waals surface area contributed by atoms with Crippen LogP contribution < -0.4 is 4.74 Å². The van der Waals surface area contributed by atoms with Crippen LogP contribution in [0.3, 0.4) is 0 Å². The van der Waals surface area contributed by atoms with Crippen molar-refractivity contribution in [3.05, 3.63) is 80.0 Å². The first-order valence-corrected chi connectivity index (χ1v) is 9.58. The molecule has 0 saturated carbocycles. The second kappa shape index (κ2) is 8.36. The number of aryl methyl sites for hydroxylation is 2. The Bertz CT molecular complexity index is 1190. The number of benzene rings is 2. The molecular weight excluding hydrogens is 456 g/mol. The lowest BCUT2D eigenvalue weighted by Crippen LogP contribution is -2.14. The molecule has 0 bridgehead atoms. The van der Waals surface area contributed by atoms with Crippen molar-refractivity contribution < 1.29 is 27.5 Å². The largest absolute Gasteiger partial charge is 0.416 e. The molecule has 0 aliphatic carbocycles. The lowest BCUT2D eigenvalue weighted by molar-refractivity contribution is -0.137. The number of esters is 1. The van der Waals surface area contributed by atoms with Crippen LogP contribution in [-0.4, -0.2) is 21.5 Å². The quantitative estimate of drug-likeness (QED) is 0.356. The highest BCUT2D eigenvalue weighted by Gasteiger charge is 2.30. The van der Waals surface area contributed by atoms with Gasteiger partial charge in [-0.2, -0.15) is 18.3 Å². The van der Waals surface area contributed by atoms with Crippen molar-refractivity contribution in [2.45, 2.75) is 20.0 Å². The molecule has 0 aliphatic heterocycles. The van der Waals surface area contributed by atoms with Crippen LogP contribution >= 0.6 is 23.2 Å². The Morgan fingerprint density at radius 1 is 1.03 bits per heavy atom. The van der Waals surface area contributed by atoms with E-state index in [-0.39, 0.29) is 27.6 Å². The number of ketones is 1. The third kappa shape index (κ3) is 4.45. The number of alkyl halides is 3. The molecule has 3 rings (SSSR count). The standard InChI is InChI=1S/C21H15Cl2F3N2O3/c1-10-8-14(17(23)11(2)16(10)22)18(29)15-9-27-28(3)19(15)31-20(30)12-4-6-13(7-5-12)21(24,25)26/h4-9H,1-3H3. The molecule has 0 atom stereocenters. The number of nitrogens with zero attached hydrogens (tertiary/aromatic N) is 2. The van der Waals surface area contributed by atoms with Crippen LogP contribution in [-0.2, 0) is 13.2 Å². The van der Waals surface area contributed by atoms with E-state index < -0.39 is 23.5 Å². The van der Waals surface area contributed by atoms with E-state index in [0.29, 0.717) is 16.1 Å². The topological polar surface area (TPSA) is 61.2 Å². The molecule has 0 saturated heterocycles. The maximum Gasteiger partial charge on any atom is 0.416 e. The maximum absolute atomic E-state index is 13.1. The van der Waals surface area contributed by atoms with Crippen molar-refractivity contribution in [1.82, 2.24) is 9.78 Å². The molecule has 0 N–H and O–H groups in total. The predicted octanol–water partition coefficient (Wildman–Crippen LogP) is 5.81. The normalized spacial score (nSPS) is 11.5. The lowest BCUT2D eigenvalue weighted by atomic mass is 10.0. The first-order chi connectivity index (χ1) is 14.4. The van der Waals surface area contributed by atoms with Crippen LogP contribution in [0.2, 0.25) is 10.0 Å². The summed E-state index contributed by atoms with van der Waals surface area (Å²) in [6.07, 6.45) is -3.31. The number of halogens is 5. The minimum absolute atomic E-state index is 0.0363. The Morgan fingerprint density at radius 2 is 1.65 bits per heavy atom. The zero-order valence-corrected chi connectivity index (χ0v) is 18.0. The number of hydrogen-bond acceptors (Lipinski definition) is 4. The smallest absolute Gasteiger partial charge is 0.403 e. The summed E-state index contributed by atoms with van der Waals surface area (Å²) in [4.78, 5) is 25.5. The number of rotatable bonds is 4. The van der Waals surface area contributed by atoms with E-state index in [1.165, 1.54) is 24.0 Å². The zero-order valence-electron chi connectivity index (χ0n) is 16.5. The van der Waals surface area contributed by atoms with Gasteiger partial charge < -0.3 is 4.74 Å². The fourth-order valence-electron chi connectivity index (χ4n) is 2.89. The number of carbonyl (C=O) groups excluding carboxylic acids is 2. The molecule has 0 amide bonds. The first-order valence-electron chi connectivity index (χ1n) is 8.83. The van der Waals surface area contributed by atoms with Crippen LogP contribution in [0.4, 0.5) is 13.2 Å². The average Bonchev–Trinajstić information content (AvgIpc) is 3.08. The van der Waals surface area contributed by atoms with Gasteiger partial charge in [-0.05, 0) is 55.3 Å². The molecule has 2 aromatic carbocycles. The minimum Gasteiger partial charge on any atom is -0.403 e. The Morgan fingerprint density at radius 3 is 2.23 bits per heavy atom. The van der Waals surface area contributed by atoms with Gasteiger partial charge in [0.15, 0.2) is 0 Å². The van der Waals surface area contributed by atoms with Crippen molar-refractivity contribution in [3.63, 3.8) is 0 Å². The molecule has 0 radical (unpaired) electrons. The van der Waals surface area contributed by atoms with Gasteiger partial charge in [0.05, 0.1) is 22.3 Å². The van der Waals surface area contributed by atoms with Crippen molar-refractivity contribution >= 4 is 35.0 Å². The second-order valence-electron chi connectivity index (χ2n) is 6.77. The molecule has 3 aromatic rings. The number of aromatic nitrogens is 2. The molecule has 1 heterocycles. The van der Waals surface area contributed by atoms with Crippen molar-refractivity contribution in [2.24, 2.45) is 7.05 Å². The summed E-state index contributed by atoms with van der Waals surface area (Å²) < 4.78 is 44.6. The average molecular weight is 471 g/mol. The highest BCUT2D eigenvalue weighted by atomic mass is 35.5. The van der Waals surface area contributed by atoms with Gasteiger partial charge in [-0.15, -0.1) is 0 Å². The fraction of sp³-hybridized carbons (Fsp3) is 0.190. The SMILES string of the molecule is Cc1cc(C(=O)c2cnn(C)c2OC(=O)c2ccc(C(F)(F)F)cc2)c(Cl)c(C)c1Cl. The van der Waals surface area contributed by atoms with Crippen LogP contribution in [0.5, 0.6) is 5.88 Å². The van der Waals surface area contributed by atoms with E-state index in [2.05, 4.69) is 5.10 Å². The van der Waals surface area contributed by atoms with Gasteiger partial charge >= 0.3 is 12.1 Å². The van der Waals surface area contributed by atoms with Gasteiger partial charge in [0.2, 0.25) is 11.7 Å². The zero-order chi connectivity index (χ0) is 23.1. The lowest BCUT2D eigenvalue weighted by Gasteiger charge is -2.12. The maximum atomic E-state index is 13.1. The first kappa shape index (κ1) is 22.8. The van der Waals surface area contributed by atoms with Gasteiger partial charge in [-0.3, -0.25) is 4.79 Å². The number of ether oxygens (including phenoxy) is 1. The molecular formula is C21H15Cl2F3N2O3. The Hall–Kier alpha value is -2.84. The molecule has 0 fully saturated rings. The summed E-state index contributed by atoms with van der Waals surface area (Å²) in [6, 6.07) is 5.04. The van der Waals surface area contributed by atoms with Gasteiger partial charge in [-0.1, -0.05) is 23.2 Å². The molecule has 0 spiro atoms. The van der Waals surface area contributed by atoms with Gasteiger partial charge in [0, 0.05) is 17.6 Å². The van der Waals surface area contributed by atoms with E-state index in [1.807, 2.05) is 0 Å². The number of carbonyl (C=O) groups is 2. The van der Waals surface area contributed by atoms with E-state index in [4.69, 9.17) is 27.9 Å². The highest BCUT2D eigenvalue weighted by Crippen LogP contribution is 2.33. The summed E-state index contributed by atoms with van der Waals surface area (Å²) in [7, 11) is 1.45. The molecule has 1 aromatic heterocycles. The highest BCUT2D eigenvalue weighted by molar-refractivity contribution is 6.39. The van der Waals surface area contributed by atoms with E-state index >= 15 is 0 Å². The summed E-state index contributed by atoms with van der Waals surface area (Å²) in [6.45, 7) is 3.39. The summed E-state index contributed by atoms with van der Waals surface area (Å²) in [5.74, 6) is -1.66. The predicted molar refractivity (Wildman–Crippen MR) is 109 cm³/mol. The van der Waals surface area contributed by atoms with E-state index in [0.717, 1.165) is 24.3 Å². The van der Waals surface area contributed by atoms with Crippen molar-refractivity contribution in [3.8, 4) is 5.88 Å². The second-order valence-corrected chi connectivity index (χ2v) is 7.53. The van der Waals surface area contributed by atoms with Gasteiger partial charge in [-0.25, -0.2) is 9.48 Å². The third-order valence-electron chi connectivity index (χ3n) is 4.61. The van der Waals surface area contributed by atoms with Crippen molar-refractivity contribution in [1.29, 1.82) is 0 Å². The molecule has 10 heteroatoms. The van der Waals surface area contributed by atoms with Crippen LogP contribution in [0.25, 0.3) is 0 Å². The van der Waals surface area contributed by atoms with E-state index in [1.54, 1.807) is 13.8 Å². The number of hydrogen-bond donors (Lipinski definition) is 0. The van der Waals surface area contributed by atoms with E-state index in [9.17, 15) is 22.8 Å². The Kier molecular flexibility index (Phi) is 6.16. The van der Waals surface area contributed by atoms with Gasteiger partial charge in [0.1, 0.15) is 5.56 Å². The molecule has 162 valence electrons. The van der Waals surface area contributed by atoms with Crippen LogP contribution in [0.1, 0.15) is 43.0 Å². The summed E-state index contributed by atoms with van der Waals surface area (Å²) >= 11 is 12.5.